The molecule has 1 heterocycles. The quantitative estimate of drug-likeness (QED) is 0.905. The van der Waals surface area contributed by atoms with Crippen LogP contribution in [0, 0.1) is 0 Å². The van der Waals surface area contributed by atoms with Gasteiger partial charge in [0.2, 0.25) is 5.88 Å². The molecule has 2 aromatic rings. The van der Waals surface area contributed by atoms with Crippen LogP contribution in [0.3, 0.4) is 0 Å². The number of benzene rings is 1. The first kappa shape index (κ1) is 15.3. The Morgan fingerprint density at radius 3 is 2.62 bits per heavy atom. The van der Waals surface area contributed by atoms with Gasteiger partial charge in [-0.1, -0.05) is 19.1 Å². The normalized spacial score (nSPS) is 11.4. The van der Waals surface area contributed by atoms with E-state index in [2.05, 4.69) is 10.3 Å². The van der Waals surface area contributed by atoms with Gasteiger partial charge in [0.25, 0.3) is 0 Å². The maximum absolute atomic E-state index is 12.6. The van der Waals surface area contributed by atoms with E-state index in [1.165, 1.54) is 12.1 Å². The van der Waals surface area contributed by atoms with Crippen molar-refractivity contribution in [3.8, 4) is 11.6 Å². The fourth-order valence-corrected chi connectivity index (χ4v) is 1.72. The standard InChI is InChI=1S/C15H15F3N2O/c1-2-19-10-12-6-4-8-14(20-12)21-13-7-3-5-11(9-13)15(16,17)18/h3-9,19H,2,10H2,1H3. The summed E-state index contributed by atoms with van der Waals surface area (Å²) in [7, 11) is 0. The fraction of sp³-hybridized carbons (Fsp3) is 0.267. The maximum atomic E-state index is 12.6. The largest absolute Gasteiger partial charge is 0.439 e. The van der Waals surface area contributed by atoms with Crippen molar-refractivity contribution in [2.45, 2.75) is 19.6 Å². The van der Waals surface area contributed by atoms with E-state index < -0.39 is 11.7 Å². The lowest BCUT2D eigenvalue weighted by molar-refractivity contribution is -0.137. The molecule has 0 unspecified atom stereocenters. The van der Waals surface area contributed by atoms with Crippen molar-refractivity contribution in [1.82, 2.24) is 10.3 Å². The molecule has 0 bridgehead atoms. The molecule has 3 nitrogen and oxygen atoms in total. The monoisotopic (exact) mass is 296 g/mol. The minimum Gasteiger partial charge on any atom is -0.439 e. The maximum Gasteiger partial charge on any atom is 0.416 e. The third-order valence-electron chi connectivity index (χ3n) is 2.72. The first-order chi connectivity index (χ1) is 9.99. The average molecular weight is 296 g/mol. The Morgan fingerprint density at radius 2 is 1.90 bits per heavy atom. The van der Waals surface area contributed by atoms with Gasteiger partial charge in [-0.15, -0.1) is 0 Å². The molecule has 0 saturated carbocycles. The number of nitrogens with one attached hydrogen (secondary N) is 1. The highest BCUT2D eigenvalue weighted by atomic mass is 19.4. The summed E-state index contributed by atoms with van der Waals surface area (Å²) in [5, 5.41) is 3.12. The van der Waals surface area contributed by atoms with Crippen molar-refractivity contribution in [2.75, 3.05) is 6.54 Å². The zero-order valence-electron chi connectivity index (χ0n) is 11.4. The van der Waals surface area contributed by atoms with Crippen LogP contribution < -0.4 is 10.1 Å². The van der Waals surface area contributed by atoms with Crippen molar-refractivity contribution in [2.24, 2.45) is 0 Å². The van der Waals surface area contributed by atoms with Gasteiger partial charge in [-0.25, -0.2) is 4.98 Å². The van der Waals surface area contributed by atoms with Crippen LogP contribution in [0.15, 0.2) is 42.5 Å². The zero-order chi connectivity index (χ0) is 15.3. The molecule has 6 heteroatoms. The highest BCUT2D eigenvalue weighted by Gasteiger charge is 2.30. The van der Waals surface area contributed by atoms with Crippen molar-refractivity contribution in [1.29, 1.82) is 0 Å². The third kappa shape index (κ3) is 4.46. The van der Waals surface area contributed by atoms with Crippen molar-refractivity contribution >= 4 is 0 Å². The number of pyridine rings is 1. The molecule has 1 N–H and O–H groups in total. The lowest BCUT2D eigenvalue weighted by Gasteiger charge is -2.10. The summed E-state index contributed by atoms with van der Waals surface area (Å²) in [6, 6.07) is 9.91. The van der Waals surface area contributed by atoms with Gasteiger partial charge in [0.1, 0.15) is 5.75 Å². The van der Waals surface area contributed by atoms with Crippen molar-refractivity contribution < 1.29 is 17.9 Å². The first-order valence-electron chi connectivity index (χ1n) is 6.51. The summed E-state index contributed by atoms with van der Waals surface area (Å²) in [6.07, 6.45) is -4.39. The summed E-state index contributed by atoms with van der Waals surface area (Å²) in [6.45, 7) is 3.36. The van der Waals surface area contributed by atoms with Crippen LogP contribution in [0.25, 0.3) is 0 Å². The Morgan fingerprint density at radius 1 is 1.14 bits per heavy atom. The van der Waals surface area contributed by atoms with Gasteiger partial charge in [0.15, 0.2) is 0 Å². The fourth-order valence-electron chi connectivity index (χ4n) is 1.72. The van der Waals surface area contributed by atoms with Crippen molar-refractivity contribution in [3.05, 3.63) is 53.7 Å². The molecular weight excluding hydrogens is 281 g/mol. The molecule has 0 saturated heterocycles. The highest BCUT2D eigenvalue weighted by molar-refractivity contribution is 5.33. The molecule has 0 fully saturated rings. The molecule has 0 radical (unpaired) electrons. The lowest BCUT2D eigenvalue weighted by atomic mass is 10.2. The number of hydrogen-bond acceptors (Lipinski definition) is 3. The second-order valence-electron chi connectivity index (χ2n) is 4.38. The van der Waals surface area contributed by atoms with E-state index >= 15 is 0 Å². The van der Waals surface area contributed by atoms with Gasteiger partial charge in [0.05, 0.1) is 11.3 Å². The van der Waals surface area contributed by atoms with Gasteiger partial charge in [-0.2, -0.15) is 13.2 Å². The molecule has 1 aromatic heterocycles. The number of nitrogens with zero attached hydrogens (tertiary/aromatic N) is 1. The van der Waals surface area contributed by atoms with Crippen LogP contribution in [0.2, 0.25) is 0 Å². The van der Waals surface area contributed by atoms with E-state index in [9.17, 15) is 13.2 Å². The molecule has 0 amide bonds. The minimum absolute atomic E-state index is 0.109. The van der Waals surface area contributed by atoms with E-state index in [0.29, 0.717) is 6.54 Å². The van der Waals surface area contributed by atoms with Crippen LogP contribution in [-0.4, -0.2) is 11.5 Å². The number of hydrogen-bond donors (Lipinski definition) is 1. The Hall–Kier alpha value is -2.08. The van der Waals surface area contributed by atoms with E-state index in [4.69, 9.17) is 4.74 Å². The Balaban J connectivity index is 2.14. The zero-order valence-corrected chi connectivity index (χ0v) is 11.4. The second kappa shape index (κ2) is 6.58. The molecule has 112 valence electrons. The molecule has 0 aliphatic carbocycles. The van der Waals surface area contributed by atoms with Gasteiger partial charge >= 0.3 is 6.18 Å². The Bertz CT molecular complexity index is 599. The summed E-state index contributed by atoms with van der Waals surface area (Å²) in [5.74, 6) is 0.377. The number of alkyl halides is 3. The Kier molecular flexibility index (Phi) is 4.80. The summed E-state index contributed by atoms with van der Waals surface area (Å²) < 4.78 is 43.3. The van der Waals surface area contributed by atoms with Gasteiger partial charge in [-0.05, 0) is 30.8 Å². The molecule has 0 atom stereocenters. The van der Waals surface area contributed by atoms with Crippen LogP contribution in [0.4, 0.5) is 13.2 Å². The molecular formula is C15H15F3N2O. The number of ether oxygens (including phenoxy) is 1. The molecule has 0 aliphatic rings. The molecule has 0 spiro atoms. The molecule has 0 aliphatic heterocycles. The van der Waals surface area contributed by atoms with E-state index in [-0.39, 0.29) is 11.6 Å². The lowest BCUT2D eigenvalue weighted by Crippen LogP contribution is -2.12. The van der Waals surface area contributed by atoms with Crippen LogP contribution in [-0.2, 0) is 12.7 Å². The molecule has 21 heavy (non-hydrogen) atoms. The number of halogens is 3. The van der Waals surface area contributed by atoms with Gasteiger partial charge < -0.3 is 10.1 Å². The number of rotatable bonds is 5. The highest BCUT2D eigenvalue weighted by Crippen LogP contribution is 2.32. The average Bonchev–Trinajstić information content (AvgIpc) is 2.45. The molecule has 1 aromatic carbocycles. The van der Waals surface area contributed by atoms with E-state index in [0.717, 1.165) is 24.4 Å². The summed E-state index contributed by atoms with van der Waals surface area (Å²) >= 11 is 0. The van der Waals surface area contributed by atoms with Crippen LogP contribution in [0.1, 0.15) is 18.2 Å². The Labute approximate surface area is 120 Å². The predicted molar refractivity (Wildman–Crippen MR) is 73.1 cm³/mol. The smallest absolute Gasteiger partial charge is 0.416 e. The van der Waals surface area contributed by atoms with E-state index in [1.807, 2.05) is 13.0 Å². The SMILES string of the molecule is CCNCc1cccc(Oc2cccc(C(F)(F)F)c2)n1. The van der Waals surface area contributed by atoms with Gasteiger partial charge in [0, 0.05) is 12.6 Å². The first-order valence-corrected chi connectivity index (χ1v) is 6.51. The van der Waals surface area contributed by atoms with Crippen LogP contribution >= 0.6 is 0 Å². The topological polar surface area (TPSA) is 34.1 Å². The molecule has 2 rings (SSSR count). The van der Waals surface area contributed by atoms with Crippen molar-refractivity contribution in [3.63, 3.8) is 0 Å². The van der Waals surface area contributed by atoms with Gasteiger partial charge in [-0.3, -0.25) is 0 Å². The third-order valence-corrected chi connectivity index (χ3v) is 2.72. The van der Waals surface area contributed by atoms with E-state index in [1.54, 1.807) is 12.1 Å². The summed E-state index contributed by atoms with van der Waals surface area (Å²) in [5.41, 5.74) is 0.0186. The summed E-state index contributed by atoms with van der Waals surface area (Å²) in [4.78, 5) is 4.23. The second-order valence-corrected chi connectivity index (χ2v) is 4.38. The van der Waals surface area contributed by atoms with Crippen LogP contribution in [0.5, 0.6) is 11.6 Å². The number of aromatic nitrogens is 1. The predicted octanol–water partition coefficient (Wildman–Crippen LogP) is 4.00. The minimum atomic E-state index is -4.39.